The lowest BCUT2D eigenvalue weighted by molar-refractivity contribution is 0.128. The van der Waals surface area contributed by atoms with Gasteiger partial charge in [0.25, 0.3) is 0 Å². The molecular weight excluding hydrogens is 249 g/mol. The van der Waals surface area contributed by atoms with Crippen LogP contribution in [0.15, 0.2) is 18.2 Å². The molecule has 0 saturated heterocycles. The van der Waals surface area contributed by atoms with E-state index < -0.39 is 0 Å². The summed E-state index contributed by atoms with van der Waals surface area (Å²) in [5, 5.41) is 13.3. The molecule has 16 heavy (non-hydrogen) atoms. The molecule has 0 saturated carbocycles. The monoisotopic (exact) mass is 263 g/mol. The van der Waals surface area contributed by atoms with Gasteiger partial charge in [-0.2, -0.15) is 0 Å². The summed E-state index contributed by atoms with van der Waals surface area (Å²) >= 11 is 11.9. The smallest absolute Gasteiger partial charge is 0.0638 e. The van der Waals surface area contributed by atoms with E-state index in [9.17, 15) is 0 Å². The van der Waals surface area contributed by atoms with E-state index in [1.54, 1.807) is 13.2 Å². The second-order valence-electron chi connectivity index (χ2n) is 3.43. The van der Waals surface area contributed by atoms with E-state index >= 15 is 0 Å². The van der Waals surface area contributed by atoms with Crippen molar-refractivity contribution >= 4 is 23.2 Å². The SMILES string of the molecule is COCC(CO)NCc1cccc(Cl)c1Cl. The summed E-state index contributed by atoms with van der Waals surface area (Å²) in [6, 6.07) is 5.38. The van der Waals surface area contributed by atoms with E-state index in [-0.39, 0.29) is 12.6 Å². The van der Waals surface area contributed by atoms with Gasteiger partial charge < -0.3 is 15.2 Å². The average molecular weight is 264 g/mol. The van der Waals surface area contributed by atoms with Crippen molar-refractivity contribution in [2.45, 2.75) is 12.6 Å². The number of nitrogens with one attached hydrogen (secondary N) is 1. The molecular formula is C11H15Cl2NO2. The molecule has 0 amide bonds. The van der Waals surface area contributed by atoms with Gasteiger partial charge in [-0.25, -0.2) is 0 Å². The molecule has 0 aromatic heterocycles. The van der Waals surface area contributed by atoms with Gasteiger partial charge in [0.1, 0.15) is 0 Å². The van der Waals surface area contributed by atoms with Crippen LogP contribution in [-0.4, -0.2) is 31.5 Å². The fourth-order valence-corrected chi connectivity index (χ4v) is 1.70. The fraction of sp³-hybridized carbons (Fsp3) is 0.455. The zero-order valence-corrected chi connectivity index (χ0v) is 10.6. The number of aliphatic hydroxyl groups is 1. The molecule has 1 atom stereocenters. The van der Waals surface area contributed by atoms with Crippen LogP contribution < -0.4 is 5.32 Å². The van der Waals surface area contributed by atoms with E-state index in [1.165, 1.54) is 0 Å². The molecule has 5 heteroatoms. The van der Waals surface area contributed by atoms with Gasteiger partial charge in [0, 0.05) is 13.7 Å². The van der Waals surface area contributed by atoms with Crippen molar-refractivity contribution in [1.29, 1.82) is 0 Å². The van der Waals surface area contributed by atoms with E-state index in [0.29, 0.717) is 23.2 Å². The summed E-state index contributed by atoms with van der Waals surface area (Å²) in [6.07, 6.45) is 0. The number of hydrogen-bond acceptors (Lipinski definition) is 3. The zero-order chi connectivity index (χ0) is 12.0. The second kappa shape index (κ2) is 7.09. The van der Waals surface area contributed by atoms with Crippen LogP contribution in [0.4, 0.5) is 0 Å². The molecule has 1 rings (SSSR count). The Balaban J connectivity index is 2.56. The third-order valence-corrected chi connectivity index (χ3v) is 3.06. The number of rotatable bonds is 6. The summed E-state index contributed by atoms with van der Waals surface area (Å²) < 4.78 is 4.96. The molecule has 0 radical (unpaired) electrons. The van der Waals surface area contributed by atoms with Gasteiger partial charge in [-0.05, 0) is 11.6 Å². The minimum Gasteiger partial charge on any atom is -0.395 e. The minimum atomic E-state index is -0.0972. The number of methoxy groups -OCH3 is 1. The third kappa shape index (κ3) is 3.92. The van der Waals surface area contributed by atoms with Gasteiger partial charge in [0.05, 0.1) is 29.3 Å². The van der Waals surface area contributed by atoms with Crippen LogP contribution in [0.2, 0.25) is 10.0 Å². The predicted molar refractivity (Wildman–Crippen MR) is 66.1 cm³/mol. The highest BCUT2D eigenvalue weighted by molar-refractivity contribution is 6.42. The highest BCUT2D eigenvalue weighted by Gasteiger charge is 2.08. The van der Waals surface area contributed by atoms with Gasteiger partial charge in [0.15, 0.2) is 0 Å². The van der Waals surface area contributed by atoms with Crippen LogP contribution in [0, 0.1) is 0 Å². The maximum absolute atomic E-state index is 9.06. The quantitative estimate of drug-likeness (QED) is 0.826. The molecule has 0 aliphatic carbocycles. The Hall–Kier alpha value is -0.320. The van der Waals surface area contributed by atoms with Gasteiger partial charge in [-0.15, -0.1) is 0 Å². The Morgan fingerprint density at radius 3 is 2.81 bits per heavy atom. The lowest BCUT2D eigenvalue weighted by Crippen LogP contribution is -2.35. The lowest BCUT2D eigenvalue weighted by atomic mass is 10.2. The molecule has 1 aromatic carbocycles. The summed E-state index contributed by atoms with van der Waals surface area (Å²) in [6.45, 7) is 1.02. The molecule has 3 nitrogen and oxygen atoms in total. The van der Waals surface area contributed by atoms with E-state index in [0.717, 1.165) is 5.56 Å². The van der Waals surface area contributed by atoms with Crippen molar-refractivity contribution in [3.05, 3.63) is 33.8 Å². The first-order chi connectivity index (χ1) is 7.69. The molecule has 90 valence electrons. The van der Waals surface area contributed by atoms with Crippen molar-refractivity contribution in [1.82, 2.24) is 5.32 Å². The summed E-state index contributed by atoms with van der Waals surface area (Å²) in [7, 11) is 1.59. The number of hydrogen-bond donors (Lipinski definition) is 2. The first kappa shape index (κ1) is 13.7. The van der Waals surface area contributed by atoms with Crippen LogP contribution in [-0.2, 0) is 11.3 Å². The highest BCUT2D eigenvalue weighted by Crippen LogP contribution is 2.25. The molecule has 0 aliphatic rings. The number of halogens is 2. The maximum atomic E-state index is 9.06. The van der Waals surface area contributed by atoms with E-state index in [4.69, 9.17) is 33.0 Å². The van der Waals surface area contributed by atoms with Crippen molar-refractivity contribution < 1.29 is 9.84 Å². The predicted octanol–water partition coefficient (Wildman–Crippen LogP) is 2.09. The van der Waals surface area contributed by atoms with Gasteiger partial charge in [-0.3, -0.25) is 0 Å². The summed E-state index contributed by atoms with van der Waals surface area (Å²) in [4.78, 5) is 0. The van der Waals surface area contributed by atoms with Crippen molar-refractivity contribution in [3.8, 4) is 0 Å². The Morgan fingerprint density at radius 2 is 2.19 bits per heavy atom. The fourth-order valence-electron chi connectivity index (χ4n) is 1.32. The van der Waals surface area contributed by atoms with Crippen LogP contribution in [0.25, 0.3) is 0 Å². The number of benzene rings is 1. The van der Waals surface area contributed by atoms with E-state index in [2.05, 4.69) is 5.32 Å². The molecule has 1 unspecified atom stereocenters. The Morgan fingerprint density at radius 1 is 1.44 bits per heavy atom. The number of aliphatic hydroxyl groups excluding tert-OH is 1. The lowest BCUT2D eigenvalue weighted by Gasteiger charge is -2.15. The molecule has 0 spiro atoms. The second-order valence-corrected chi connectivity index (χ2v) is 4.21. The first-order valence-electron chi connectivity index (χ1n) is 4.95. The molecule has 0 heterocycles. The van der Waals surface area contributed by atoms with Crippen molar-refractivity contribution in [3.63, 3.8) is 0 Å². The molecule has 0 fully saturated rings. The topological polar surface area (TPSA) is 41.5 Å². The molecule has 0 bridgehead atoms. The first-order valence-corrected chi connectivity index (χ1v) is 5.70. The van der Waals surface area contributed by atoms with E-state index in [1.807, 2.05) is 12.1 Å². The normalized spacial score (nSPS) is 12.8. The molecule has 2 N–H and O–H groups in total. The average Bonchev–Trinajstić information content (AvgIpc) is 2.29. The zero-order valence-electron chi connectivity index (χ0n) is 9.04. The Kier molecular flexibility index (Phi) is 6.09. The third-order valence-electron chi connectivity index (χ3n) is 2.20. The van der Waals surface area contributed by atoms with Crippen LogP contribution in [0.5, 0.6) is 0 Å². The van der Waals surface area contributed by atoms with Crippen LogP contribution in [0.1, 0.15) is 5.56 Å². The molecule has 1 aromatic rings. The minimum absolute atomic E-state index is 0.0199. The van der Waals surface area contributed by atoms with Crippen molar-refractivity contribution in [2.75, 3.05) is 20.3 Å². The van der Waals surface area contributed by atoms with Gasteiger partial charge >= 0.3 is 0 Å². The largest absolute Gasteiger partial charge is 0.395 e. The summed E-state index contributed by atoms with van der Waals surface area (Å²) in [5.74, 6) is 0. The van der Waals surface area contributed by atoms with Crippen LogP contribution >= 0.6 is 23.2 Å². The Bertz CT molecular complexity index is 334. The standard InChI is InChI=1S/C11H15Cl2NO2/c1-16-7-9(6-15)14-5-8-3-2-4-10(12)11(8)13/h2-4,9,14-15H,5-7H2,1H3. The van der Waals surface area contributed by atoms with Crippen molar-refractivity contribution in [2.24, 2.45) is 0 Å². The Labute approximate surface area is 105 Å². The maximum Gasteiger partial charge on any atom is 0.0638 e. The summed E-state index contributed by atoms with van der Waals surface area (Å²) in [5.41, 5.74) is 0.906. The molecule has 0 aliphatic heterocycles. The van der Waals surface area contributed by atoms with Crippen LogP contribution in [0.3, 0.4) is 0 Å². The number of ether oxygens (including phenoxy) is 1. The highest BCUT2D eigenvalue weighted by atomic mass is 35.5. The van der Waals surface area contributed by atoms with Gasteiger partial charge in [-0.1, -0.05) is 35.3 Å². The van der Waals surface area contributed by atoms with Gasteiger partial charge in [0.2, 0.25) is 0 Å².